The van der Waals surface area contributed by atoms with Gasteiger partial charge in [-0.2, -0.15) is 0 Å². The fourth-order valence-electron chi connectivity index (χ4n) is 2.56. The summed E-state index contributed by atoms with van der Waals surface area (Å²) in [6, 6.07) is 0. The lowest BCUT2D eigenvalue weighted by Crippen LogP contribution is -2.44. The van der Waals surface area contributed by atoms with Crippen LogP contribution in [-0.4, -0.2) is 45.2 Å². The Bertz CT molecular complexity index is 313. The lowest BCUT2D eigenvalue weighted by molar-refractivity contribution is 0.141. The van der Waals surface area contributed by atoms with Crippen LogP contribution in [0.25, 0.3) is 0 Å². The molecule has 0 aromatic heterocycles. The first kappa shape index (κ1) is 14.9. The zero-order valence-corrected chi connectivity index (χ0v) is 12.1. The second-order valence-electron chi connectivity index (χ2n) is 5.03. The van der Waals surface area contributed by atoms with E-state index in [9.17, 15) is 8.42 Å². The molecule has 0 aromatic rings. The molecule has 0 aromatic carbocycles. The molecule has 0 saturated carbocycles. The van der Waals surface area contributed by atoms with Gasteiger partial charge in [0.1, 0.15) is 0 Å². The number of nitrogens with one attached hydrogen (secondary N) is 1. The normalized spacial score (nSPS) is 21.6. The third kappa shape index (κ3) is 3.66. The fraction of sp³-hybridized carbons (Fsp3) is 1.00. The third-order valence-electron chi connectivity index (χ3n) is 4.29. The van der Waals surface area contributed by atoms with Crippen LogP contribution in [-0.2, 0) is 10.0 Å². The Kier molecular flexibility index (Phi) is 5.41. The highest BCUT2D eigenvalue weighted by Crippen LogP contribution is 2.38. The molecule has 1 N–H and O–H groups in total. The summed E-state index contributed by atoms with van der Waals surface area (Å²) < 4.78 is 25.7. The van der Waals surface area contributed by atoms with Crippen molar-refractivity contribution in [3.63, 3.8) is 0 Å². The van der Waals surface area contributed by atoms with Gasteiger partial charge in [-0.05, 0) is 25.3 Å². The predicted octanol–water partition coefficient (Wildman–Crippen LogP) is 1.44. The number of hydrogen-bond donors (Lipinski definition) is 1. The maximum absolute atomic E-state index is 12.0. The minimum absolute atomic E-state index is 0.217. The predicted molar refractivity (Wildman–Crippen MR) is 71.5 cm³/mol. The van der Waals surface area contributed by atoms with E-state index in [1.807, 2.05) is 0 Å². The molecule has 0 amide bonds. The van der Waals surface area contributed by atoms with Crippen molar-refractivity contribution < 1.29 is 8.42 Å². The second-order valence-corrected chi connectivity index (χ2v) is 7.11. The summed E-state index contributed by atoms with van der Waals surface area (Å²) in [4.78, 5) is 0. The molecule has 0 unspecified atom stereocenters. The standard InChI is InChI=1S/C12H26N2O2S/c1-4-12(5-2)6-9-14(10-7-12)17(15,16)11-8-13-3/h13H,4-11H2,1-3H3. The molecule has 1 fully saturated rings. The molecule has 1 aliphatic heterocycles. The van der Waals surface area contributed by atoms with Gasteiger partial charge in [0.25, 0.3) is 0 Å². The SMILES string of the molecule is CCC1(CC)CCN(S(=O)(=O)CCNC)CC1. The van der Waals surface area contributed by atoms with Gasteiger partial charge in [0, 0.05) is 19.6 Å². The highest BCUT2D eigenvalue weighted by molar-refractivity contribution is 7.89. The summed E-state index contributed by atoms with van der Waals surface area (Å²) in [7, 11) is -1.26. The van der Waals surface area contributed by atoms with Gasteiger partial charge in [-0.1, -0.05) is 26.7 Å². The van der Waals surface area contributed by atoms with Gasteiger partial charge < -0.3 is 5.32 Å². The van der Waals surface area contributed by atoms with Crippen molar-refractivity contribution in [1.82, 2.24) is 9.62 Å². The van der Waals surface area contributed by atoms with Gasteiger partial charge in [0.05, 0.1) is 5.75 Å². The molecule has 0 aliphatic carbocycles. The van der Waals surface area contributed by atoms with E-state index in [0.717, 1.165) is 25.7 Å². The maximum atomic E-state index is 12.0. The van der Waals surface area contributed by atoms with E-state index in [4.69, 9.17) is 0 Å². The van der Waals surface area contributed by atoms with Gasteiger partial charge >= 0.3 is 0 Å². The van der Waals surface area contributed by atoms with Crippen molar-refractivity contribution in [2.45, 2.75) is 39.5 Å². The average molecular weight is 262 g/mol. The summed E-state index contributed by atoms with van der Waals surface area (Å²) in [5, 5.41) is 2.90. The first-order chi connectivity index (χ1) is 7.99. The molecule has 5 heteroatoms. The van der Waals surface area contributed by atoms with Gasteiger partial charge in [-0.15, -0.1) is 0 Å². The van der Waals surface area contributed by atoms with Crippen molar-refractivity contribution in [3.8, 4) is 0 Å². The fourth-order valence-corrected chi connectivity index (χ4v) is 4.02. The maximum Gasteiger partial charge on any atom is 0.215 e. The van der Waals surface area contributed by atoms with Crippen molar-refractivity contribution in [1.29, 1.82) is 0 Å². The minimum Gasteiger partial charge on any atom is -0.319 e. The molecule has 1 heterocycles. The summed E-state index contributed by atoms with van der Waals surface area (Å²) in [6.07, 6.45) is 4.35. The van der Waals surface area contributed by atoms with Crippen LogP contribution >= 0.6 is 0 Å². The Morgan fingerprint density at radius 1 is 1.18 bits per heavy atom. The highest BCUT2D eigenvalue weighted by atomic mass is 32.2. The van der Waals surface area contributed by atoms with Gasteiger partial charge in [0.2, 0.25) is 10.0 Å². The van der Waals surface area contributed by atoms with Gasteiger partial charge in [0.15, 0.2) is 0 Å². The molecule has 0 atom stereocenters. The van der Waals surface area contributed by atoms with Crippen LogP contribution in [0.4, 0.5) is 0 Å². The van der Waals surface area contributed by atoms with E-state index in [2.05, 4.69) is 19.2 Å². The van der Waals surface area contributed by atoms with Crippen LogP contribution in [0.5, 0.6) is 0 Å². The molecule has 102 valence electrons. The molecule has 1 aliphatic rings. The van der Waals surface area contributed by atoms with Gasteiger partial charge in [-0.25, -0.2) is 12.7 Å². The molecule has 1 rings (SSSR count). The number of hydrogen-bond acceptors (Lipinski definition) is 3. The van der Waals surface area contributed by atoms with Crippen LogP contribution in [0.3, 0.4) is 0 Å². The third-order valence-corrected chi connectivity index (χ3v) is 6.16. The Hall–Kier alpha value is -0.130. The van der Waals surface area contributed by atoms with E-state index in [0.29, 0.717) is 25.0 Å². The van der Waals surface area contributed by atoms with E-state index < -0.39 is 10.0 Å². The second kappa shape index (κ2) is 6.16. The molecule has 0 bridgehead atoms. The first-order valence-corrected chi connectivity index (χ1v) is 8.23. The van der Waals surface area contributed by atoms with Crippen molar-refractivity contribution in [2.24, 2.45) is 5.41 Å². The number of rotatable bonds is 6. The van der Waals surface area contributed by atoms with E-state index in [1.165, 1.54) is 0 Å². The molecule has 4 nitrogen and oxygen atoms in total. The monoisotopic (exact) mass is 262 g/mol. The van der Waals surface area contributed by atoms with Crippen molar-refractivity contribution in [3.05, 3.63) is 0 Å². The lowest BCUT2D eigenvalue weighted by atomic mass is 9.75. The Balaban J connectivity index is 2.57. The Labute approximate surface area is 106 Å². The molecule has 0 spiro atoms. The molecule has 0 radical (unpaired) electrons. The van der Waals surface area contributed by atoms with E-state index >= 15 is 0 Å². The van der Waals surface area contributed by atoms with Crippen LogP contribution in [0.2, 0.25) is 0 Å². The van der Waals surface area contributed by atoms with Crippen molar-refractivity contribution in [2.75, 3.05) is 32.4 Å². The Morgan fingerprint density at radius 2 is 1.71 bits per heavy atom. The zero-order chi connectivity index (χ0) is 12.9. The summed E-state index contributed by atoms with van der Waals surface area (Å²) >= 11 is 0. The highest BCUT2D eigenvalue weighted by Gasteiger charge is 2.35. The lowest BCUT2D eigenvalue weighted by Gasteiger charge is -2.40. The van der Waals surface area contributed by atoms with Crippen LogP contribution in [0.15, 0.2) is 0 Å². The minimum atomic E-state index is -3.04. The van der Waals surface area contributed by atoms with Crippen LogP contribution in [0, 0.1) is 5.41 Å². The average Bonchev–Trinajstić information content (AvgIpc) is 2.36. The Morgan fingerprint density at radius 3 is 2.12 bits per heavy atom. The summed E-state index contributed by atoms with van der Waals surface area (Å²) in [5.74, 6) is 0.217. The van der Waals surface area contributed by atoms with E-state index in [1.54, 1.807) is 11.4 Å². The summed E-state index contributed by atoms with van der Waals surface area (Å²) in [5.41, 5.74) is 0.384. The first-order valence-electron chi connectivity index (χ1n) is 6.62. The quantitative estimate of drug-likeness (QED) is 0.788. The largest absolute Gasteiger partial charge is 0.319 e. The van der Waals surface area contributed by atoms with Crippen molar-refractivity contribution >= 4 is 10.0 Å². The molecular weight excluding hydrogens is 236 g/mol. The van der Waals surface area contributed by atoms with Crippen LogP contribution in [0.1, 0.15) is 39.5 Å². The molecule has 17 heavy (non-hydrogen) atoms. The topological polar surface area (TPSA) is 49.4 Å². The molecule has 1 saturated heterocycles. The van der Waals surface area contributed by atoms with Crippen LogP contribution < -0.4 is 5.32 Å². The van der Waals surface area contributed by atoms with Gasteiger partial charge in [-0.3, -0.25) is 0 Å². The summed E-state index contributed by atoms with van der Waals surface area (Å²) in [6.45, 7) is 6.37. The molecular formula is C12H26N2O2S. The van der Waals surface area contributed by atoms with E-state index in [-0.39, 0.29) is 5.75 Å². The zero-order valence-electron chi connectivity index (χ0n) is 11.3. The number of piperidine rings is 1. The smallest absolute Gasteiger partial charge is 0.215 e. The number of nitrogens with zero attached hydrogens (tertiary/aromatic N) is 1. The number of sulfonamides is 1.